The normalized spacial score (nSPS) is 12.4. The van der Waals surface area contributed by atoms with E-state index >= 15 is 0 Å². The smallest absolute Gasteiger partial charge is 0.123 e. The fraction of sp³-hybridized carbons (Fsp3) is 0.143. The highest BCUT2D eigenvalue weighted by atomic mass is 35.5. The maximum atomic E-state index is 13.2. The molecule has 4 heteroatoms. The van der Waals surface area contributed by atoms with Crippen LogP contribution in [0.5, 0.6) is 0 Å². The minimum atomic E-state index is -0.261. The second kappa shape index (κ2) is 5.74. The summed E-state index contributed by atoms with van der Waals surface area (Å²) in [7, 11) is 0. The molecular weight excluding hydrogens is 269 g/mol. The third-order valence-electron chi connectivity index (χ3n) is 2.50. The van der Waals surface area contributed by atoms with Gasteiger partial charge in [-0.1, -0.05) is 23.4 Å². The molecule has 2 rings (SSSR count). The van der Waals surface area contributed by atoms with Crippen LogP contribution in [0.15, 0.2) is 52.3 Å². The summed E-state index contributed by atoms with van der Waals surface area (Å²) in [4.78, 5) is 2.02. The van der Waals surface area contributed by atoms with Gasteiger partial charge in [-0.2, -0.15) is 0 Å². The fourth-order valence-corrected chi connectivity index (χ4v) is 2.75. The molecule has 2 N–H and O–H groups in total. The van der Waals surface area contributed by atoms with Crippen molar-refractivity contribution in [1.29, 1.82) is 0 Å². The Labute approximate surface area is 115 Å². The quantitative estimate of drug-likeness (QED) is 0.886. The van der Waals surface area contributed by atoms with Gasteiger partial charge in [0.25, 0.3) is 0 Å². The predicted molar refractivity (Wildman–Crippen MR) is 74.6 cm³/mol. The van der Waals surface area contributed by atoms with Gasteiger partial charge in [0.1, 0.15) is 5.82 Å². The van der Waals surface area contributed by atoms with Crippen molar-refractivity contribution < 1.29 is 4.39 Å². The highest BCUT2D eigenvalue weighted by molar-refractivity contribution is 7.99. The summed E-state index contributed by atoms with van der Waals surface area (Å²) >= 11 is 7.39. The molecule has 0 radical (unpaired) electrons. The Morgan fingerprint density at radius 1 is 1.17 bits per heavy atom. The molecule has 0 fully saturated rings. The van der Waals surface area contributed by atoms with Crippen molar-refractivity contribution in [3.8, 4) is 0 Å². The molecule has 18 heavy (non-hydrogen) atoms. The molecule has 1 nitrogen and oxygen atoms in total. The minimum Gasteiger partial charge on any atom is -0.324 e. The second-order valence-electron chi connectivity index (χ2n) is 4.03. The van der Waals surface area contributed by atoms with E-state index in [4.69, 9.17) is 17.3 Å². The standard InChI is InChI=1S/C14H13ClFNS/c1-9(17)13-8-11(16)4-7-14(13)18-12-5-2-10(15)3-6-12/h2-9H,17H2,1H3/t9-/m0/s1. The van der Waals surface area contributed by atoms with Crippen LogP contribution in [-0.4, -0.2) is 0 Å². The van der Waals surface area contributed by atoms with Crippen molar-refractivity contribution in [3.63, 3.8) is 0 Å². The van der Waals surface area contributed by atoms with Crippen molar-refractivity contribution in [2.75, 3.05) is 0 Å². The number of hydrogen-bond donors (Lipinski definition) is 1. The Morgan fingerprint density at radius 3 is 2.44 bits per heavy atom. The van der Waals surface area contributed by atoms with Crippen molar-refractivity contribution >= 4 is 23.4 Å². The van der Waals surface area contributed by atoms with E-state index in [1.54, 1.807) is 17.8 Å². The summed E-state index contributed by atoms with van der Waals surface area (Å²) in [5.74, 6) is -0.261. The molecule has 0 aliphatic heterocycles. The SMILES string of the molecule is C[C@H](N)c1cc(F)ccc1Sc1ccc(Cl)cc1. The highest BCUT2D eigenvalue weighted by Gasteiger charge is 2.09. The number of nitrogens with two attached hydrogens (primary N) is 1. The lowest BCUT2D eigenvalue weighted by Crippen LogP contribution is -2.06. The topological polar surface area (TPSA) is 26.0 Å². The van der Waals surface area contributed by atoms with Crippen LogP contribution in [0.1, 0.15) is 18.5 Å². The number of hydrogen-bond acceptors (Lipinski definition) is 2. The summed E-state index contributed by atoms with van der Waals surface area (Å²) in [6, 6.07) is 12.0. The van der Waals surface area contributed by atoms with Gasteiger partial charge < -0.3 is 5.73 Å². The van der Waals surface area contributed by atoms with Crippen LogP contribution in [0.2, 0.25) is 5.02 Å². The van der Waals surface area contributed by atoms with Crippen LogP contribution < -0.4 is 5.73 Å². The Balaban J connectivity index is 2.31. The van der Waals surface area contributed by atoms with E-state index in [1.165, 1.54) is 12.1 Å². The fourth-order valence-electron chi connectivity index (χ4n) is 1.60. The van der Waals surface area contributed by atoms with Crippen LogP contribution in [0.4, 0.5) is 4.39 Å². The first kappa shape index (κ1) is 13.4. The van der Waals surface area contributed by atoms with Crippen LogP contribution in [0.3, 0.4) is 0 Å². The first-order chi connectivity index (χ1) is 8.56. The molecule has 2 aromatic rings. The summed E-state index contributed by atoms with van der Waals surface area (Å²) in [5.41, 5.74) is 6.67. The summed E-state index contributed by atoms with van der Waals surface area (Å²) in [6.07, 6.45) is 0. The van der Waals surface area contributed by atoms with Gasteiger partial charge in [0.15, 0.2) is 0 Å². The van der Waals surface area contributed by atoms with Gasteiger partial charge in [-0.3, -0.25) is 0 Å². The maximum absolute atomic E-state index is 13.2. The molecule has 0 spiro atoms. The monoisotopic (exact) mass is 281 g/mol. The lowest BCUT2D eigenvalue weighted by atomic mass is 10.1. The minimum absolute atomic E-state index is 0.199. The van der Waals surface area contributed by atoms with E-state index in [1.807, 2.05) is 31.2 Å². The predicted octanol–water partition coefficient (Wildman–Crippen LogP) is 4.65. The molecular formula is C14H13ClFNS. The highest BCUT2D eigenvalue weighted by Crippen LogP contribution is 2.33. The molecule has 0 aliphatic rings. The Kier molecular flexibility index (Phi) is 4.27. The third kappa shape index (κ3) is 3.25. The van der Waals surface area contributed by atoms with Gasteiger partial charge in [0.2, 0.25) is 0 Å². The Morgan fingerprint density at radius 2 is 1.83 bits per heavy atom. The zero-order valence-electron chi connectivity index (χ0n) is 9.86. The molecule has 0 aromatic heterocycles. The number of halogens is 2. The molecule has 0 saturated heterocycles. The lowest BCUT2D eigenvalue weighted by molar-refractivity contribution is 0.619. The maximum Gasteiger partial charge on any atom is 0.123 e. The van der Waals surface area contributed by atoms with Gasteiger partial charge in [-0.05, 0) is 55.0 Å². The summed E-state index contributed by atoms with van der Waals surface area (Å²) in [6.45, 7) is 1.85. The van der Waals surface area contributed by atoms with Gasteiger partial charge in [0, 0.05) is 20.9 Å². The zero-order valence-corrected chi connectivity index (χ0v) is 11.4. The van der Waals surface area contributed by atoms with Gasteiger partial charge in [-0.15, -0.1) is 0 Å². The molecule has 0 saturated carbocycles. The molecule has 0 unspecified atom stereocenters. The third-order valence-corrected chi connectivity index (χ3v) is 3.86. The van der Waals surface area contributed by atoms with E-state index in [2.05, 4.69) is 0 Å². The van der Waals surface area contributed by atoms with Gasteiger partial charge in [-0.25, -0.2) is 4.39 Å². The zero-order chi connectivity index (χ0) is 13.1. The van der Waals surface area contributed by atoms with Crippen LogP contribution in [0.25, 0.3) is 0 Å². The van der Waals surface area contributed by atoms with E-state index in [-0.39, 0.29) is 11.9 Å². The Bertz CT molecular complexity index is 540. The number of benzene rings is 2. The van der Waals surface area contributed by atoms with Crippen molar-refractivity contribution in [1.82, 2.24) is 0 Å². The summed E-state index contributed by atoms with van der Waals surface area (Å²) in [5, 5.41) is 0.700. The van der Waals surface area contributed by atoms with Crippen LogP contribution in [-0.2, 0) is 0 Å². The van der Waals surface area contributed by atoms with Crippen LogP contribution in [0, 0.1) is 5.82 Å². The molecule has 0 amide bonds. The second-order valence-corrected chi connectivity index (χ2v) is 5.58. The van der Waals surface area contributed by atoms with Crippen molar-refractivity contribution in [2.45, 2.75) is 22.8 Å². The van der Waals surface area contributed by atoms with Gasteiger partial charge in [0.05, 0.1) is 0 Å². The van der Waals surface area contributed by atoms with E-state index in [0.29, 0.717) is 5.02 Å². The molecule has 0 bridgehead atoms. The Hall–Kier alpha value is -1.03. The lowest BCUT2D eigenvalue weighted by Gasteiger charge is -2.12. The first-order valence-corrected chi connectivity index (χ1v) is 6.74. The molecule has 2 aromatic carbocycles. The molecule has 1 atom stereocenters. The average molecular weight is 282 g/mol. The van der Waals surface area contributed by atoms with Gasteiger partial charge >= 0.3 is 0 Å². The van der Waals surface area contributed by atoms with Crippen molar-refractivity contribution in [2.24, 2.45) is 5.73 Å². The van der Waals surface area contributed by atoms with Crippen molar-refractivity contribution in [3.05, 3.63) is 58.9 Å². The molecule has 0 heterocycles. The summed E-state index contributed by atoms with van der Waals surface area (Å²) < 4.78 is 13.2. The van der Waals surface area contributed by atoms with E-state index < -0.39 is 0 Å². The first-order valence-electron chi connectivity index (χ1n) is 5.54. The largest absolute Gasteiger partial charge is 0.324 e. The van der Waals surface area contributed by atoms with E-state index in [9.17, 15) is 4.39 Å². The van der Waals surface area contributed by atoms with Crippen LogP contribution >= 0.6 is 23.4 Å². The average Bonchev–Trinajstić information content (AvgIpc) is 2.34. The molecule has 94 valence electrons. The van der Waals surface area contributed by atoms with E-state index in [0.717, 1.165) is 15.4 Å². The molecule has 0 aliphatic carbocycles. The number of rotatable bonds is 3.